The Bertz CT molecular complexity index is 367. The van der Waals surface area contributed by atoms with Crippen molar-refractivity contribution in [2.75, 3.05) is 5.73 Å². The van der Waals surface area contributed by atoms with E-state index in [0.717, 1.165) is 5.69 Å². The predicted molar refractivity (Wildman–Crippen MR) is 46.4 cm³/mol. The first-order chi connectivity index (χ1) is 5.88. The van der Waals surface area contributed by atoms with Gasteiger partial charge in [-0.3, -0.25) is 4.98 Å². The molecular weight excluding hydrogens is 152 g/mol. The number of hydrogen-bond donors (Lipinski definition) is 1. The number of nitrogen functional groups attached to an aromatic ring is 1. The summed E-state index contributed by atoms with van der Waals surface area (Å²) in [6, 6.07) is 7.31. The molecule has 0 unspecified atom stereocenters. The Labute approximate surface area is 69.8 Å². The van der Waals surface area contributed by atoms with Gasteiger partial charge < -0.3 is 10.2 Å². The fourth-order valence-electron chi connectivity index (χ4n) is 1.02. The molecular formula is C9H8N2O. The first-order valence-corrected chi connectivity index (χ1v) is 3.62. The standard InChI is InChI=1S/C9H8N2O/c10-7-4-6-12-9(7)8-3-1-2-5-11-8/h1-6H,10H2. The Hall–Kier alpha value is -1.77. The van der Waals surface area contributed by atoms with Crippen LogP contribution < -0.4 is 5.73 Å². The van der Waals surface area contributed by atoms with Crippen LogP contribution in [0.25, 0.3) is 11.5 Å². The summed E-state index contributed by atoms with van der Waals surface area (Å²) >= 11 is 0. The van der Waals surface area contributed by atoms with E-state index in [0.29, 0.717) is 11.4 Å². The van der Waals surface area contributed by atoms with Crippen molar-refractivity contribution < 1.29 is 4.42 Å². The van der Waals surface area contributed by atoms with E-state index in [1.54, 1.807) is 18.5 Å². The second-order valence-corrected chi connectivity index (χ2v) is 2.42. The first kappa shape index (κ1) is 6.91. The van der Waals surface area contributed by atoms with Gasteiger partial charge in [-0.1, -0.05) is 6.07 Å². The van der Waals surface area contributed by atoms with Gasteiger partial charge in [-0.15, -0.1) is 0 Å². The van der Waals surface area contributed by atoms with Gasteiger partial charge >= 0.3 is 0 Å². The van der Waals surface area contributed by atoms with Gasteiger partial charge in [-0.05, 0) is 12.1 Å². The zero-order chi connectivity index (χ0) is 8.39. The van der Waals surface area contributed by atoms with Gasteiger partial charge in [0.2, 0.25) is 0 Å². The normalized spacial score (nSPS) is 10.0. The highest BCUT2D eigenvalue weighted by Crippen LogP contribution is 2.23. The number of furan rings is 1. The van der Waals surface area contributed by atoms with Gasteiger partial charge in [0.05, 0.1) is 12.0 Å². The molecule has 0 radical (unpaired) electrons. The van der Waals surface area contributed by atoms with Crippen molar-refractivity contribution >= 4 is 5.69 Å². The lowest BCUT2D eigenvalue weighted by molar-refractivity contribution is 0.581. The molecule has 2 heterocycles. The van der Waals surface area contributed by atoms with E-state index in [4.69, 9.17) is 10.2 Å². The summed E-state index contributed by atoms with van der Waals surface area (Å²) in [4.78, 5) is 4.11. The van der Waals surface area contributed by atoms with Gasteiger partial charge in [0, 0.05) is 12.3 Å². The maximum atomic E-state index is 5.64. The third-order valence-corrected chi connectivity index (χ3v) is 1.59. The molecule has 0 fully saturated rings. The molecule has 2 aromatic heterocycles. The Kier molecular flexibility index (Phi) is 1.55. The van der Waals surface area contributed by atoms with Crippen molar-refractivity contribution in [2.45, 2.75) is 0 Å². The van der Waals surface area contributed by atoms with Crippen LogP contribution in [0.2, 0.25) is 0 Å². The lowest BCUT2D eigenvalue weighted by Gasteiger charge is -1.95. The number of nitrogens with two attached hydrogens (primary N) is 1. The van der Waals surface area contributed by atoms with E-state index < -0.39 is 0 Å². The summed E-state index contributed by atoms with van der Waals surface area (Å²) < 4.78 is 5.16. The van der Waals surface area contributed by atoms with Gasteiger partial charge in [0.1, 0.15) is 5.69 Å². The minimum atomic E-state index is 0.619. The zero-order valence-electron chi connectivity index (χ0n) is 6.40. The summed E-state index contributed by atoms with van der Waals surface area (Å²) in [5.74, 6) is 0.635. The summed E-state index contributed by atoms with van der Waals surface area (Å²) in [7, 11) is 0. The number of pyridine rings is 1. The third kappa shape index (κ3) is 1.05. The zero-order valence-corrected chi connectivity index (χ0v) is 6.40. The molecule has 0 aliphatic carbocycles. The molecule has 0 bridgehead atoms. The number of aromatic nitrogens is 1. The van der Waals surface area contributed by atoms with Crippen LogP contribution in [-0.2, 0) is 0 Å². The largest absolute Gasteiger partial charge is 0.460 e. The summed E-state index contributed by atoms with van der Waals surface area (Å²) in [6.07, 6.45) is 3.26. The molecule has 0 atom stereocenters. The van der Waals surface area contributed by atoms with Crippen LogP contribution in [0.5, 0.6) is 0 Å². The molecule has 0 aromatic carbocycles. The van der Waals surface area contributed by atoms with Gasteiger partial charge in [0.25, 0.3) is 0 Å². The Morgan fingerprint density at radius 2 is 2.17 bits per heavy atom. The second-order valence-electron chi connectivity index (χ2n) is 2.42. The number of nitrogens with zero attached hydrogens (tertiary/aromatic N) is 1. The molecule has 3 nitrogen and oxygen atoms in total. The molecule has 60 valence electrons. The fraction of sp³-hybridized carbons (Fsp3) is 0. The van der Waals surface area contributed by atoms with Gasteiger partial charge in [-0.2, -0.15) is 0 Å². The lowest BCUT2D eigenvalue weighted by Crippen LogP contribution is -1.86. The van der Waals surface area contributed by atoms with Gasteiger partial charge in [-0.25, -0.2) is 0 Å². The van der Waals surface area contributed by atoms with Crippen LogP contribution in [0.1, 0.15) is 0 Å². The van der Waals surface area contributed by atoms with E-state index >= 15 is 0 Å². The molecule has 0 saturated heterocycles. The second kappa shape index (κ2) is 2.70. The quantitative estimate of drug-likeness (QED) is 0.693. The van der Waals surface area contributed by atoms with Crippen LogP contribution in [0.15, 0.2) is 41.1 Å². The van der Waals surface area contributed by atoms with Crippen LogP contribution in [0.3, 0.4) is 0 Å². The Balaban J connectivity index is 2.51. The number of hydrogen-bond acceptors (Lipinski definition) is 3. The van der Waals surface area contributed by atoms with Crippen molar-refractivity contribution in [2.24, 2.45) is 0 Å². The summed E-state index contributed by atoms with van der Waals surface area (Å²) in [5, 5.41) is 0. The Morgan fingerprint density at radius 3 is 2.75 bits per heavy atom. The molecule has 0 saturated carbocycles. The molecule has 3 heteroatoms. The molecule has 0 amide bonds. The van der Waals surface area contributed by atoms with Crippen LogP contribution in [0.4, 0.5) is 5.69 Å². The Morgan fingerprint density at radius 1 is 1.25 bits per heavy atom. The number of anilines is 1. The predicted octanol–water partition coefficient (Wildman–Crippen LogP) is 1.92. The minimum Gasteiger partial charge on any atom is -0.460 e. The maximum Gasteiger partial charge on any atom is 0.175 e. The van der Waals surface area contributed by atoms with Crippen molar-refractivity contribution in [1.29, 1.82) is 0 Å². The molecule has 0 aliphatic heterocycles. The van der Waals surface area contributed by atoms with E-state index in [1.165, 1.54) is 0 Å². The lowest BCUT2D eigenvalue weighted by atomic mass is 10.2. The average molecular weight is 160 g/mol. The van der Waals surface area contributed by atoms with Crippen molar-refractivity contribution in [1.82, 2.24) is 4.98 Å². The highest BCUT2D eigenvalue weighted by molar-refractivity contribution is 5.67. The molecule has 0 aliphatic rings. The van der Waals surface area contributed by atoms with Crippen LogP contribution in [0, 0.1) is 0 Å². The molecule has 2 rings (SSSR count). The molecule has 0 spiro atoms. The van der Waals surface area contributed by atoms with E-state index in [2.05, 4.69) is 4.98 Å². The fourth-order valence-corrected chi connectivity index (χ4v) is 1.02. The van der Waals surface area contributed by atoms with Gasteiger partial charge in [0.15, 0.2) is 5.76 Å². The first-order valence-electron chi connectivity index (χ1n) is 3.62. The minimum absolute atomic E-state index is 0.619. The van der Waals surface area contributed by atoms with E-state index in [-0.39, 0.29) is 0 Å². The third-order valence-electron chi connectivity index (χ3n) is 1.59. The molecule has 2 N–H and O–H groups in total. The SMILES string of the molecule is Nc1ccoc1-c1ccccn1. The highest BCUT2D eigenvalue weighted by Gasteiger charge is 2.05. The topological polar surface area (TPSA) is 52.0 Å². The maximum absolute atomic E-state index is 5.64. The summed E-state index contributed by atoms with van der Waals surface area (Å²) in [5.41, 5.74) is 7.02. The van der Waals surface area contributed by atoms with E-state index in [1.807, 2.05) is 18.2 Å². The highest BCUT2D eigenvalue weighted by atomic mass is 16.3. The monoisotopic (exact) mass is 160 g/mol. The van der Waals surface area contributed by atoms with Crippen molar-refractivity contribution in [3.63, 3.8) is 0 Å². The van der Waals surface area contributed by atoms with Crippen molar-refractivity contribution in [3.05, 3.63) is 36.7 Å². The molecule has 2 aromatic rings. The van der Waals surface area contributed by atoms with Crippen molar-refractivity contribution in [3.8, 4) is 11.5 Å². The summed E-state index contributed by atoms with van der Waals surface area (Å²) in [6.45, 7) is 0. The molecule has 12 heavy (non-hydrogen) atoms. The number of rotatable bonds is 1. The van der Waals surface area contributed by atoms with E-state index in [9.17, 15) is 0 Å². The smallest absolute Gasteiger partial charge is 0.175 e. The van der Waals surface area contributed by atoms with Crippen LogP contribution >= 0.6 is 0 Å². The average Bonchev–Trinajstić information content (AvgIpc) is 2.53. The van der Waals surface area contributed by atoms with Crippen LogP contribution in [-0.4, -0.2) is 4.98 Å².